The second-order valence-corrected chi connectivity index (χ2v) is 5.10. The molecule has 2 nitrogen and oxygen atoms in total. The van der Waals surface area contributed by atoms with Gasteiger partial charge in [-0.25, -0.2) is 0 Å². The Balaban J connectivity index is 2.87. The molecule has 1 rings (SSSR count). The molecule has 0 aliphatic rings. The average molecular weight is 286 g/mol. The number of halogens is 1. The third-order valence-electron chi connectivity index (χ3n) is 2.49. The van der Waals surface area contributed by atoms with Gasteiger partial charge >= 0.3 is 0 Å². The van der Waals surface area contributed by atoms with E-state index in [0.717, 1.165) is 28.6 Å². The van der Waals surface area contributed by atoms with Gasteiger partial charge in [0.15, 0.2) is 0 Å². The summed E-state index contributed by atoms with van der Waals surface area (Å²) in [5, 5.41) is 0. The molecule has 1 aromatic carbocycles. The minimum atomic E-state index is -0.00285. The van der Waals surface area contributed by atoms with Gasteiger partial charge in [-0.15, -0.1) is 0 Å². The van der Waals surface area contributed by atoms with E-state index in [-0.39, 0.29) is 12.1 Å². The topological polar surface area (TPSA) is 35.2 Å². The minimum absolute atomic E-state index is 0.00285. The van der Waals surface area contributed by atoms with Gasteiger partial charge in [0, 0.05) is 16.1 Å². The number of ether oxygens (including phenoxy) is 1. The van der Waals surface area contributed by atoms with Crippen molar-refractivity contribution in [1.29, 1.82) is 0 Å². The maximum atomic E-state index is 5.92. The lowest BCUT2D eigenvalue weighted by Gasteiger charge is -2.19. The molecule has 90 valence electrons. The second kappa shape index (κ2) is 6.26. The molecular weight excluding hydrogens is 266 g/mol. The van der Waals surface area contributed by atoms with E-state index in [1.807, 2.05) is 25.1 Å². The molecule has 3 heteroatoms. The summed E-state index contributed by atoms with van der Waals surface area (Å²) in [6.07, 6.45) is 2.42. The lowest BCUT2D eigenvalue weighted by atomic mass is 10.1. The van der Waals surface area contributed by atoms with E-state index in [4.69, 9.17) is 10.5 Å². The highest BCUT2D eigenvalue weighted by Crippen LogP contribution is 2.28. The van der Waals surface area contributed by atoms with Crippen molar-refractivity contribution in [3.05, 3.63) is 28.2 Å². The normalized spacial score (nSPS) is 14.6. The van der Waals surface area contributed by atoms with Gasteiger partial charge in [0.25, 0.3) is 0 Å². The molecule has 0 bridgehead atoms. The van der Waals surface area contributed by atoms with Crippen molar-refractivity contribution in [3.8, 4) is 5.75 Å². The van der Waals surface area contributed by atoms with Crippen LogP contribution in [-0.2, 0) is 0 Å². The Bertz CT molecular complexity index is 339. The first-order chi connectivity index (χ1) is 7.54. The van der Waals surface area contributed by atoms with Crippen molar-refractivity contribution in [2.75, 3.05) is 0 Å². The molecule has 0 aliphatic heterocycles. The van der Waals surface area contributed by atoms with Gasteiger partial charge < -0.3 is 10.5 Å². The Labute approximate surface area is 106 Å². The maximum absolute atomic E-state index is 5.92. The standard InChI is InChI=1S/C13H20BrNO/c1-4-5-9(2)16-13-8-11(14)6-7-12(13)10(3)15/h6-10H,4-5,15H2,1-3H3/t9?,10-/m0/s1. The molecule has 1 unspecified atom stereocenters. The highest BCUT2D eigenvalue weighted by molar-refractivity contribution is 9.10. The zero-order valence-corrected chi connectivity index (χ0v) is 11.8. The fourth-order valence-corrected chi connectivity index (χ4v) is 2.01. The van der Waals surface area contributed by atoms with E-state index >= 15 is 0 Å². The molecule has 0 spiro atoms. The number of hydrogen-bond acceptors (Lipinski definition) is 2. The number of hydrogen-bond donors (Lipinski definition) is 1. The summed E-state index contributed by atoms with van der Waals surface area (Å²) in [4.78, 5) is 0. The fourth-order valence-electron chi connectivity index (χ4n) is 1.67. The van der Waals surface area contributed by atoms with Crippen LogP contribution in [0.5, 0.6) is 5.75 Å². The van der Waals surface area contributed by atoms with Crippen molar-refractivity contribution >= 4 is 15.9 Å². The Hall–Kier alpha value is -0.540. The van der Waals surface area contributed by atoms with Crippen LogP contribution in [0.3, 0.4) is 0 Å². The van der Waals surface area contributed by atoms with Crippen molar-refractivity contribution < 1.29 is 4.74 Å². The summed E-state index contributed by atoms with van der Waals surface area (Å²) >= 11 is 3.45. The quantitative estimate of drug-likeness (QED) is 0.886. The van der Waals surface area contributed by atoms with Crippen LogP contribution >= 0.6 is 15.9 Å². The van der Waals surface area contributed by atoms with Gasteiger partial charge in [-0.1, -0.05) is 35.3 Å². The first-order valence-electron chi connectivity index (χ1n) is 5.76. The molecule has 0 aliphatic carbocycles. The SMILES string of the molecule is CCCC(C)Oc1cc(Br)ccc1[C@H](C)N. The average Bonchev–Trinajstić information content (AvgIpc) is 2.17. The largest absolute Gasteiger partial charge is 0.490 e. The van der Waals surface area contributed by atoms with Crippen LogP contribution in [-0.4, -0.2) is 6.10 Å². The zero-order valence-electron chi connectivity index (χ0n) is 10.2. The highest BCUT2D eigenvalue weighted by atomic mass is 79.9. The summed E-state index contributed by atoms with van der Waals surface area (Å²) in [5.41, 5.74) is 6.98. The van der Waals surface area contributed by atoms with Crippen molar-refractivity contribution in [1.82, 2.24) is 0 Å². The zero-order chi connectivity index (χ0) is 12.1. The smallest absolute Gasteiger partial charge is 0.125 e. The molecule has 2 N–H and O–H groups in total. The second-order valence-electron chi connectivity index (χ2n) is 4.19. The number of benzene rings is 1. The molecule has 0 aromatic heterocycles. The van der Waals surface area contributed by atoms with Crippen LogP contribution in [0, 0.1) is 0 Å². The molecule has 1 aromatic rings. The molecular formula is C13H20BrNO. The van der Waals surface area contributed by atoms with Crippen molar-refractivity contribution in [3.63, 3.8) is 0 Å². The number of rotatable bonds is 5. The summed E-state index contributed by atoms with van der Waals surface area (Å²) < 4.78 is 6.94. The van der Waals surface area contributed by atoms with Gasteiger partial charge in [-0.3, -0.25) is 0 Å². The van der Waals surface area contributed by atoms with Crippen LogP contribution in [0.2, 0.25) is 0 Å². The van der Waals surface area contributed by atoms with Crippen molar-refractivity contribution in [2.24, 2.45) is 5.73 Å². The minimum Gasteiger partial charge on any atom is -0.490 e. The Morgan fingerprint density at radius 1 is 1.38 bits per heavy atom. The van der Waals surface area contributed by atoms with Gasteiger partial charge in [0.2, 0.25) is 0 Å². The maximum Gasteiger partial charge on any atom is 0.125 e. The van der Waals surface area contributed by atoms with Crippen molar-refractivity contribution in [2.45, 2.75) is 45.8 Å². The summed E-state index contributed by atoms with van der Waals surface area (Å²) in [5.74, 6) is 0.894. The molecule has 0 fully saturated rings. The van der Waals surface area contributed by atoms with Gasteiger partial charge in [-0.05, 0) is 32.4 Å². The third-order valence-corrected chi connectivity index (χ3v) is 2.98. The highest BCUT2D eigenvalue weighted by Gasteiger charge is 2.11. The van der Waals surface area contributed by atoms with Crippen LogP contribution in [0.4, 0.5) is 0 Å². The monoisotopic (exact) mass is 285 g/mol. The first kappa shape index (κ1) is 13.5. The van der Waals surface area contributed by atoms with Gasteiger partial charge in [0.1, 0.15) is 5.75 Å². The Kier molecular flexibility index (Phi) is 5.29. The summed E-state index contributed by atoms with van der Waals surface area (Å²) in [7, 11) is 0. The fraction of sp³-hybridized carbons (Fsp3) is 0.538. The Morgan fingerprint density at radius 3 is 2.62 bits per heavy atom. The van der Waals surface area contributed by atoms with E-state index in [1.54, 1.807) is 0 Å². The van der Waals surface area contributed by atoms with Gasteiger partial charge in [-0.2, -0.15) is 0 Å². The number of nitrogens with two attached hydrogens (primary N) is 1. The van der Waals surface area contributed by atoms with Crippen LogP contribution < -0.4 is 10.5 Å². The van der Waals surface area contributed by atoms with E-state index in [2.05, 4.69) is 29.8 Å². The van der Waals surface area contributed by atoms with Gasteiger partial charge in [0.05, 0.1) is 6.10 Å². The lowest BCUT2D eigenvalue weighted by Crippen LogP contribution is -2.14. The molecule has 2 atom stereocenters. The van der Waals surface area contributed by atoms with Crippen LogP contribution in [0.15, 0.2) is 22.7 Å². The van der Waals surface area contributed by atoms with E-state index < -0.39 is 0 Å². The predicted octanol–water partition coefficient (Wildman–Crippen LogP) is 4.04. The van der Waals surface area contributed by atoms with E-state index in [9.17, 15) is 0 Å². The van der Waals surface area contributed by atoms with Crippen LogP contribution in [0.1, 0.15) is 45.2 Å². The first-order valence-corrected chi connectivity index (χ1v) is 6.55. The Morgan fingerprint density at radius 2 is 2.06 bits per heavy atom. The summed E-state index contributed by atoms with van der Waals surface area (Å²) in [6.45, 7) is 6.23. The lowest BCUT2D eigenvalue weighted by molar-refractivity contribution is 0.207. The molecule has 0 saturated carbocycles. The molecule has 0 saturated heterocycles. The molecule has 0 amide bonds. The summed E-state index contributed by atoms with van der Waals surface area (Å²) in [6, 6.07) is 6.00. The predicted molar refractivity (Wildman–Crippen MR) is 71.7 cm³/mol. The van der Waals surface area contributed by atoms with E-state index in [1.165, 1.54) is 0 Å². The third kappa shape index (κ3) is 3.80. The van der Waals surface area contributed by atoms with E-state index in [0.29, 0.717) is 0 Å². The molecule has 16 heavy (non-hydrogen) atoms. The molecule has 0 heterocycles. The van der Waals surface area contributed by atoms with Crippen LogP contribution in [0.25, 0.3) is 0 Å². The molecule has 0 radical (unpaired) electrons.